The molecule has 1 aromatic carbocycles. The molecule has 3 aromatic rings. The van der Waals surface area contributed by atoms with E-state index in [0.717, 1.165) is 17.0 Å². The SMILES string of the molecule is COc1ccc(CNCc2nnc3ccccn23)cc1O. The van der Waals surface area contributed by atoms with Crippen LogP contribution in [0.15, 0.2) is 42.6 Å². The highest BCUT2D eigenvalue weighted by Gasteiger charge is 2.05. The highest BCUT2D eigenvalue weighted by Crippen LogP contribution is 2.26. The van der Waals surface area contributed by atoms with Gasteiger partial charge in [-0.3, -0.25) is 4.40 Å². The minimum atomic E-state index is 0.143. The number of hydrogen-bond acceptors (Lipinski definition) is 5. The quantitative estimate of drug-likeness (QED) is 0.746. The zero-order chi connectivity index (χ0) is 14.7. The van der Waals surface area contributed by atoms with Gasteiger partial charge in [0.05, 0.1) is 13.7 Å². The van der Waals surface area contributed by atoms with E-state index in [0.29, 0.717) is 18.8 Å². The zero-order valence-corrected chi connectivity index (χ0v) is 11.7. The van der Waals surface area contributed by atoms with Gasteiger partial charge in [0, 0.05) is 12.7 Å². The summed E-state index contributed by atoms with van der Waals surface area (Å²) < 4.78 is 6.96. The van der Waals surface area contributed by atoms with Crippen molar-refractivity contribution in [1.82, 2.24) is 19.9 Å². The lowest BCUT2D eigenvalue weighted by Gasteiger charge is -2.07. The molecule has 0 aliphatic rings. The van der Waals surface area contributed by atoms with Gasteiger partial charge in [-0.05, 0) is 29.8 Å². The number of benzene rings is 1. The summed E-state index contributed by atoms with van der Waals surface area (Å²) in [5.41, 5.74) is 1.80. The van der Waals surface area contributed by atoms with Crippen molar-refractivity contribution in [1.29, 1.82) is 0 Å². The Bertz CT molecular complexity index is 754. The number of hydrogen-bond donors (Lipinski definition) is 2. The van der Waals surface area contributed by atoms with E-state index in [4.69, 9.17) is 4.74 Å². The van der Waals surface area contributed by atoms with Crippen LogP contribution in [0.5, 0.6) is 11.5 Å². The van der Waals surface area contributed by atoms with E-state index in [1.165, 1.54) is 7.11 Å². The molecule has 0 saturated carbocycles. The molecule has 6 nitrogen and oxygen atoms in total. The fourth-order valence-electron chi connectivity index (χ4n) is 2.18. The Hall–Kier alpha value is -2.60. The summed E-state index contributed by atoms with van der Waals surface area (Å²) in [6.45, 7) is 1.22. The van der Waals surface area contributed by atoms with Gasteiger partial charge in [0.2, 0.25) is 0 Å². The maximum Gasteiger partial charge on any atom is 0.160 e. The van der Waals surface area contributed by atoms with Crippen molar-refractivity contribution in [2.75, 3.05) is 7.11 Å². The van der Waals surface area contributed by atoms with Gasteiger partial charge in [0.25, 0.3) is 0 Å². The topological polar surface area (TPSA) is 71.7 Å². The zero-order valence-electron chi connectivity index (χ0n) is 11.7. The number of phenols is 1. The van der Waals surface area contributed by atoms with E-state index in [1.807, 2.05) is 34.9 Å². The lowest BCUT2D eigenvalue weighted by molar-refractivity contribution is 0.373. The molecule has 0 aliphatic carbocycles. The van der Waals surface area contributed by atoms with Gasteiger partial charge in [-0.2, -0.15) is 0 Å². The normalized spacial score (nSPS) is 10.9. The van der Waals surface area contributed by atoms with Crippen LogP contribution in [0.2, 0.25) is 0 Å². The van der Waals surface area contributed by atoms with Gasteiger partial charge in [0.1, 0.15) is 0 Å². The molecule has 0 bridgehead atoms. The molecule has 2 N–H and O–H groups in total. The molecule has 0 fully saturated rings. The molecule has 0 amide bonds. The van der Waals surface area contributed by atoms with Gasteiger partial charge < -0.3 is 15.2 Å². The Kier molecular flexibility index (Phi) is 3.70. The molecular formula is C15H16N4O2. The largest absolute Gasteiger partial charge is 0.504 e. The highest BCUT2D eigenvalue weighted by atomic mass is 16.5. The van der Waals surface area contributed by atoms with Gasteiger partial charge in [-0.15, -0.1) is 10.2 Å². The third-order valence-electron chi connectivity index (χ3n) is 3.24. The number of rotatable bonds is 5. The van der Waals surface area contributed by atoms with E-state index >= 15 is 0 Å². The number of nitrogens with zero attached hydrogens (tertiary/aromatic N) is 3. The van der Waals surface area contributed by atoms with Crippen molar-refractivity contribution >= 4 is 5.65 Å². The highest BCUT2D eigenvalue weighted by molar-refractivity contribution is 5.41. The number of methoxy groups -OCH3 is 1. The third kappa shape index (κ3) is 2.80. The first-order valence-corrected chi connectivity index (χ1v) is 6.63. The van der Waals surface area contributed by atoms with E-state index in [2.05, 4.69) is 15.5 Å². The van der Waals surface area contributed by atoms with Gasteiger partial charge in [-0.1, -0.05) is 12.1 Å². The third-order valence-corrected chi connectivity index (χ3v) is 3.24. The lowest BCUT2D eigenvalue weighted by atomic mass is 10.2. The minimum absolute atomic E-state index is 0.143. The second kappa shape index (κ2) is 5.80. The minimum Gasteiger partial charge on any atom is -0.504 e. The molecule has 0 unspecified atom stereocenters. The standard InChI is InChI=1S/C15H16N4O2/c1-21-13-6-5-11(8-12(13)20)9-16-10-15-18-17-14-4-2-3-7-19(14)15/h2-8,16,20H,9-10H2,1H3. The fraction of sp³-hybridized carbons (Fsp3) is 0.200. The van der Waals surface area contributed by atoms with E-state index in [-0.39, 0.29) is 5.75 Å². The summed E-state index contributed by atoms with van der Waals surface area (Å²) in [5.74, 6) is 1.47. The fourth-order valence-corrected chi connectivity index (χ4v) is 2.18. The Labute approximate surface area is 122 Å². The van der Waals surface area contributed by atoms with Gasteiger partial charge in [0.15, 0.2) is 23.0 Å². The second-order valence-corrected chi connectivity index (χ2v) is 4.65. The summed E-state index contributed by atoms with van der Waals surface area (Å²) in [5, 5.41) is 21.3. The molecule has 21 heavy (non-hydrogen) atoms. The molecule has 6 heteroatoms. The second-order valence-electron chi connectivity index (χ2n) is 4.65. The number of fused-ring (bicyclic) bond motifs is 1. The van der Waals surface area contributed by atoms with Crippen molar-refractivity contribution in [3.63, 3.8) is 0 Å². The van der Waals surface area contributed by atoms with Crippen LogP contribution in [0.1, 0.15) is 11.4 Å². The summed E-state index contributed by atoms with van der Waals surface area (Å²) in [4.78, 5) is 0. The Morgan fingerprint density at radius 1 is 1.19 bits per heavy atom. The first kappa shape index (κ1) is 13.4. The van der Waals surface area contributed by atoms with Crippen LogP contribution in [0, 0.1) is 0 Å². The summed E-state index contributed by atoms with van der Waals surface area (Å²) in [6, 6.07) is 11.1. The van der Waals surface area contributed by atoms with Crippen molar-refractivity contribution < 1.29 is 9.84 Å². The van der Waals surface area contributed by atoms with E-state index in [9.17, 15) is 5.11 Å². The van der Waals surface area contributed by atoms with E-state index < -0.39 is 0 Å². The van der Waals surface area contributed by atoms with Crippen LogP contribution < -0.4 is 10.1 Å². The number of ether oxygens (including phenoxy) is 1. The van der Waals surface area contributed by atoms with Crippen LogP contribution in [0.4, 0.5) is 0 Å². The summed E-state index contributed by atoms with van der Waals surface area (Å²) in [6.07, 6.45) is 1.94. The van der Waals surface area contributed by atoms with Gasteiger partial charge >= 0.3 is 0 Å². The number of aromatic hydroxyl groups is 1. The molecule has 2 heterocycles. The van der Waals surface area contributed by atoms with E-state index in [1.54, 1.807) is 12.1 Å². The van der Waals surface area contributed by atoms with Crippen LogP contribution in [-0.2, 0) is 13.1 Å². The van der Waals surface area contributed by atoms with Crippen molar-refractivity contribution in [2.45, 2.75) is 13.1 Å². The smallest absolute Gasteiger partial charge is 0.160 e. The molecule has 3 rings (SSSR count). The number of nitrogens with one attached hydrogen (secondary N) is 1. The van der Waals surface area contributed by atoms with Crippen LogP contribution in [-0.4, -0.2) is 26.8 Å². The molecule has 0 atom stereocenters. The Morgan fingerprint density at radius 2 is 2.10 bits per heavy atom. The van der Waals surface area contributed by atoms with Crippen LogP contribution in [0.3, 0.4) is 0 Å². The molecule has 0 aliphatic heterocycles. The maximum absolute atomic E-state index is 9.74. The van der Waals surface area contributed by atoms with Crippen LogP contribution in [0.25, 0.3) is 5.65 Å². The first-order chi connectivity index (χ1) is 10.3. The summed E-state index contributed by atoms with van der Waals surface area (Å²) in [7, 11) is 1.53. The molecule has 0 spiro atoms. The van der Waals surface area contributed by atoms with Crippen molar-refractivity contribution in [2.24, 2.45) is 0 Å². The number of phenolic OH excluding ortho intramolecular Hbond substituents is 1. The van der Waals surface area contributed by atoms with Gasteiger partial charge in [-0.25, -0.2) is 0 Å². The molecule has 0 radical (unpaired) electrons. The molecule has 108 valence electrons. The molecule has 2 aromatic heterocycles. The number of aromatic nitrogens is 3. The summed E-state index contributed by atoms with van der Waals surface area (Å²) >= 11 is 0. The average Bonchev–Trinajstić information content (AvgIpc) is 2.91. The first-order valence-electron chi connectivity index (χ1n) is 6.63. The Morgan fingerprint density at radius 3 is 2.90 bits per heavy atom. The lowest BCUT2D eigenvalue weighted by Crippen LogP contribution is -2.14. The predicted molar refractivity (Wildman–Crippen MR) is 78.2 cm³/mol. The predicted octanol–water partition coefficient (Wildman–Crippen LogP) is 1.73. The monoisotopic (exact) mass is 284 g/mol. The number of pyridine rings is 1. The average molecular weight is 284 g/mol. The van der Waals surface area contributed by atoms with Crippen molar-refractivity contribution in [3.05, 3.63) is 54.0 Å². The molecular weight excluding hydrogens is 268 g/mol. The van der Waals surface area contributed by atoms with Crippen LogP contribution >= 0.6 is 0 Å². The molecule has 0 saturated heterocycles. The van der Waals surface area contributed by atoms with Crippen molar-refractivity contribution in [3.8, 4) is 11.5 Å². The Balaban J connectivity index is 1.65. The maximum atomic E-state index is 9.74.